The van der Waals surface area contributed by atoms with E-state index < -0.39 is 29.0 Å². The fourth-order valence-electron chi connectivity index (χ4n) is 1.77. The van der Waals surface area contributed by atoms with Crippen LogP contribution in [0.3, 0.4) is 0 Å². The molecule has 0 amide bonds. The average Bonchev–Trinajstić information content (AvgIpc) is 3.00. The normalized spacial score (nSPS) is 10.8. The summed E-state index contributed by atoms with van der Waals surface area (Å²) in [5.74, 6) is -3.45. The van der Waals surface area contributed by atoms with E-state index in [0.29, 0.717) is 0 Å². The second-order valence-corrected chi connectivity index (χ2v) is 4.94. The number of hydrogen-bond acceptors (Lipinski definition) is 5. The summed E-state index contributed by atoms with van der Waals surface area (Å²) < 4.78 is 0. The lowest BCUT2D eigenvalue weighted by atomic mass is 10.0. The number of carboxylic acid groups (broad SMARTS) is 3. The number of benzene rings is 1. The molecule has 0 aliphatic heterocycles. The summed E-state index contributed by atoms with van der Waals surface area (Å²) in [5.41, 5.74) is -0.424. The number of carbonyl (C=O) groups is 3. The number of H-pyrrole nitrogens is 1. The Labute approximate surface area is 142 Å². The topological polar surface area (TPSA) is 164 Å². The smallest absolute Gasteiger partial charge is 0.336 e. The molecule has 1 aromatic heterocycles. The first-order valence-electron chi connectivity index (χ1n) is 6.92. The highest BCUT2D eigenvalue weighted by molar-refractivity contribution is 6.03. The third kappa shape index (κ3) is 5.18. The number of nitrogens with zero attached hydrogens (tertiary/aromatic N) is 2. The number of carboxylic acids is 3. The number of hydrogen-bond donors (Lipinski definition) is 4. The van der Waals surface area contributed by atoms with Crippen molar-refractivity contribution in [1.29, 1.82) is 5.26 Å². The Hall–Kier alpha value is -3.67. The van der Waals surface area contributed by atoms with Gasteiger partial charge in [-0.05, 0) is 32.0 Å². The first-order chi connectivity index (χ1) is 11.7. The van der Waals surface area contributed by atoms with E-state index in [9.17, 15) is 14.4 Å². The van der Waals surface area contributed by atoms with E-state index in [0.717, 1.165) is 29.7 Å². The van der Waals surface area contributed by atoms with Crippen molar-refractivity contribution in [1.82, 2.24) is 9.97 Å². The Bertz CT molecular complexity index is 850. The largest absolute Gasteiger partial charge is 0.478 e. The minimum atomic E-state index is -1.48. The van der Waals surface area contributed by atoms with Crippen LogP contribution in [-0.4, -0.2) is 43.2 Å². The van der Waals surface area contributed by atoms with Crippen molar-refractivity contribution in [2.75, 3.05) is 0 Å². The third-order valence-electron chi connectivity index (χ3n) is 3.09. The van der Waals surface area contributed by atoms with Crippen LogP contribution in [-0.2, 0) is 0 Å². The van der Waals surface area contributed by atoms with Gasteiger partial charge in [0, 0.05) is 6.20 Å². The van der Waals surface area contributed by atoms with Crippen LogP contribution in [0.25, 0.3) is 0 Å². The van der Waals surface area contributed by atoms with Crippen molar-refractivity contribution < 1.29 is 29.7 Å². The molecule has 1 atom stereocenters. The molecule has 0 radical (unpaired) electrons. The van der Waals surface area contributed by atoms with Gasteiger partial charge in [0.25, 0.3) is 0 Å². The van der Waals surface area contributed by atoms with Crippen LogP contribution in [0.15, 0.2) is 24.4 Å². The molecule has 130 valence electrons. The molecule has 4 N–H and O–H groups in total. The van der Waals surface area contributed by atoms with E-state index in [-0.39, 0.29) is 11.5 Å². The van der Waals surface area contributed by atoms with Crippen molar-refractivity contribution in [3.05, 3.63) is 52.6 Å². The Morgan fingerprint density at radius 2 is 1.72 bits per heavy atom. The Morgan fingerprint density at radius 3 is 2.12 bits per heavy atom. The van der Waals surface area contributed by atoms with Gasteiger partial charge in [0.2, 0.25) is 0 Å². The molecule has 1 unspecified atom stereocenters. The monoisotopic (exact) mass is 345 g/mol. The van der Waals surface area contributed by atoms with Crippen LogP contribution in [0.5, 0.6) is 0 Å². The fourth-order valence-corrected chi connectivity index (χ4v) is 1.77. The van der Waals surface area contributed by atoms with Crippen LogP contribution in [0, 0.1) is 18.3 Å². The van der Waals surface area contributed by atoms with Crippen molar-refractivity contribution in [2.24, 2.45) is 0 Å². The highest BCUT2D eigenvalue weighted by atomic mass is 16.4. The number of imidazole rings is 1. The fraction of sp³-hybridized carbons (Fsp3) is 0.188. The highest BCUT2D eigenvalue weighted by Crippen LogP contribution is 2.12. The molecule has 2 rings (SSSR count). The molecule has 1 aromatic carbocycles. The zero-order valence-electron chi connectivity index (χ0n) is 13.3. The van der Waals surface area contributed by atoms with E-state index >= 15 is 0 Å². The molecular weight excluding hydrogens is 330 g/mol. The molecule has 9 nitrogen and oxygen atoms in total. The quantitative estimate of drug-likeness (QED) is 0.654. The lowest BCUT2D eigenvalue weighted by Gasteiger charge is -2.02. The van der Waals surface area contributed by atoms with Crippen LogP contribution >= 0.6 is 0 Å². The first-order valence-corrected chi connectivity index (χ1v) is 6.92. The summed E-state index contributed by atoms with van der Waals surface area (Å²) in [7, 11) is 0. The maximum Gasteiger partial charge on any atom is 0.336 e. The summed E-state index contributed by atoms with van der Waals surface area (Å²) in [6, 6.07) is 4.92. The van der Waals surface area contributed by atoms with Crippen LogP contribution in [0.4, 0.5) is 0 Å². The molecule has 9 heteroatoms. The Kier molecular flexibility index (Phi) is 6.40. The highest BCUT2D eigenvalue weighted by Gasteiger charge is 2.17. The summed E-state index contributed by atoms with van der Waals surface area (Å²) in [6.45, 7) is 3.70. The van der Waals surface area contributed by atoms with Crippen molar-refractivity contribution in [3.8, 4) is 6.07 Å². The summed E-state index contributed by atoms with van der Waals surface area (Å²) >= 11 is 0. The SMILES string of the molecule is Cc1nc(C(C)C#N)c[nH]1.O=C(O)c1ccc(C(=O)O)c(C(=O)O)c1. The zero-order valence-corrected chi connectivity index (χ0v) is 13.3. The molecule has 0 bridgehead atoms. The molecule has 0 aliphatic rings. The molecule has 0 saturated heterocycles. The molecule has 0 fully saturated rings. The molecule has 0 spiro atoms. The van der Waals surface area contributed by atoms with E-state index in [1.54, 1.807) is 6.20 Å². The van der Waals surface area contributed by atoms with Gasteiger partial charge in [0.15, 0.2) is 0 Å². The standard InChI is InChI=1S/C9H6O6.C7H9N3/c10-7(11)4-1-2-5(8(12)13)6(3-4)9(14)15;1-5(3-8)7-4-9-6(2)10-7/h1-3H,(H,10,11)(H,12,13)(H,14,15);4-5H,1-2H3,(H,9,10). The van der Waals surface area contributed by atoms with Gasteiger partial charge in [-0.3, -0.25) is 0 Å². The molecule has 0 saturated carbocycles. The predicted octanol–water partition coefficient (Wildman–Crippen LogP) is 2.13. The van der Waals surface area contributed by atoms with Crippen LogP contribution in [0.1, 0.15) is 55.4 Å². The van der Waals surface area contributed by atoms with Gasteiger partial charge in [0.1, 0.15) is 5.82 Å². The lowest BCUT2D eigenvalue weighted by Crippen LogP contribution is -2.10. The van der Waals surface area contributed by atoms with Crippen molar-refractivity contribution >= 4 is 17.9 Å². The second kappa shape index (κ2) is 8.26. The van der Waals surface area contributed by atoms with E-state index in [1.165, 1.54) is 0 Å². The third-order valence-corrected chi connectivity index (χ3v) is 3.09. The minimum Gasteiger partial charge on any atom is -0.478 e. The van der Waals surface area contributed by atoms with Gasteiger partial charge in [0.05, 0.1) is 34.4 Å². The number of aromatic nitrogens is 2. The lowest BCUT2D eigenvalue weighted by molar-refractivity contribution is 0.0649. The predicted molar refractivity (Wildman–Crippen MR) is 84.7 cm³/mol. The van der Waals surface area contributed by atoms with E-state index in [1.807, 2.05) is 13.8 Å². The Morgan fingerprint density at radius 1 is 1.12 bits per heavy atom. The Balaban J connectivity index is 0.000000271. The van der Waals surface area contributed by atoms with Crippen LogP contribution in [0.2, 0.25) is 0 Å². The number of rotatable bonds is 4. The summed E-state index contributed by atoms with van der Waals surface area (Å²) in [4.78, 5) is 38.8. The summed E-state index contributed by atoms with van der Waals surface area (Å²) in [6.07, 6.45) is 1.77. The maximum atomic E-state index is 10.6. The molecule has 1 heterocycles. The van der Waals surface area contributed by atoms with Gasteiger partial charge >= 0.3 is 17.9 Å². The van der Waals surface area contributed by atoms with Crippen molar-refractivity contribution in [3.63, 3.8) is 0 Å². The number of aromatic carboxylic acids is 3. The van der Waals surface area contributed by atoms with Gasteiger partial charge in [-0.2, -0.15) is 5.26 Å². The number of aryl methyl sites for hydroxylation is 1. The van der Waals surface area contributed by atoms with Crippen molar-refractivity contribution in [2.45, 2.75) is 19.8 Å². The molecule has 25 heavy (non-hydrogen) atoms. The molecular formula is C16H15N3O6. The number of nitrogens with one attached hydrogen (secondary N) is 1. The average molecular weight is 345 g/mol. The van der Waals surface area contributed by atoms with Gasteiger partial charge in [-0.15, -0.1) is 0 Å². The summed E-state index contributed by atoms with van der Waals surface area (Å²) in [5, 5.41) is 34.4. The maximum absolute atomic E-state index is 10.6. The van der Waals surface area contributed by atoms with Crippen LogP contribution < -0.4 is 0 Å². The second-order valence-electron chi connectivity index (χ2n) is 4.94. The van der Waals surface area contributed by atoms with E-state index in [2.05, 4.69) is 16.0 Å². The molecule has 2 aromatic rings. The number of nitriles is 1. The zero-order chi connectivity index (χ0) is 19.1. The molecule has 0 aliphatic carbocycles. The van der Waals surface area contributed by atoms with Gasteiger partial charge < -0.3 is 20.3 Å². The van der Waals surface area contributed by atoms with E-state index in [4.69, 9.17) is 20.6 Å². The minimum absolute atomic E-state index is 0.107. The first kappa shape index (κ1) is 19.4. The van der Waals surface area contributed by atoms with Gasteiger partial charge in [-0.1, -0.05) is 0 Å². The van der Waals surface area contributed by atoms with Gasteiger partial charge in [-0.25, -0.2) is 19.4 Å². The number of aromatic amines is 1.